The van der Waals surface area contributed by atoms with Gasteiger partial charge >= 0.3 is 19.7 Å². The van der Waals surface area contributed by atoms with Gasteiger partial charge in [0.2, 0.25) is 0 Å². The molecule has 0 aliphatic heterocycles. The monoisotopic (exact) mass is 305 g/mol. The van der Waals surface area contributed by atoms with Gasteiger partial charge in [0.25, 0.3) is 0 Å². The van der Waals surface area contributed by atoms with Crippen LogP contribution < -0.4 is 0 Å². The van der Waals surface area contributed by atoms with Crippen molar-refractivity contribution in [3.63, 3.8) is 0 Å². The Labute approximate surface area is 98.6 Å². The highest BCUT2D eigenvalue weighted by atomic mass is 35.5. The van der Waals surface area contributed by atoms with Crippen LogP contribution in [0.1, 0.15) is 6.92 Å². The Hall–Kier alpha value is 0.0500. The predicted molar refractivity (Wildman–Crippen MR) is 49.9 cm³/mol. The maximum atomic E-state index is 13.2. The van der Waals surface area contributed by atoms with Crippen molar-refractivity contribution in [1.82, 2.24) is 4.42 Å². The van der Waals surface area contributed by atoms with E-state index in [1.54, 1.807) is 0 Å². The van der Waals surface area contributed by atoms with Crippen LogP contribution in [0, 0.1) is 0 Å². The molecule has 0 rings (SSSR count). The summed E-state index contributed by atoms with van der Waals surface area (Å²) >= 11 is 5.09. The fourth-order valence-electron chi connectivity index (χ4n) is 1.10. The van der Waals surface area contributed by atoms with E-state index in [0.29, 0.717) is 14.0 Å². The molecule has 0 aromatic carbocycles. The molecule has 0 bridgehead atoms. The van der Waals surface area contributed by atoms with Crippen molar-refractivity contribution in [3.8, 4) is 0 Å². The number of nitrogens with zero attached hydrogens (tertiary/aromatic N) is 1. The topological polar surface area (TPSA) is 60.8 Å². The minimum Gasteiger partial charge on any atom is -0.324 e. The van der Waals surface area contributed by atoms with Crippen LogP contribution in [0.25, 0.3) is 0 Å². The van der Waals surface area contributed by atoms with Gasteiger partial charge in [-0.1, -0.05) is 0 Å². The third-order valence-corrected chi connectivity index (χ3v) is 3.63. The average Bonchev–Trinajstić information content (AvgIpc) is 1.97. The molecule has 0 spiro atoms. The summed E-state index contributed by atoms with van der Waals surface area (Å²) in [6.45, 7) is 0.326. The van der Waals surface area contributed by atoms with Crippen molar-refractivity contribution in [2.45, 2.75) is 24.6 Å². The standard InChI is InChI=1S/C6H10ClF5NO3P/c1-4(13(2)7,3-17(14,15)16)5(8,9)6(10,11)12/h3H2,1-2H3,(H2,14,15,16). The molecule has 0 aromatic heterocycles. The Morgan fingerprint density at radius 1 is 1.24 bits per heavy atom. The summed E-state index contributed by atoms with van der Waals surface area (Å²) in [5, 5.41) is 0. The van der Waals surface area contributed by atoms with Gasteiger partial charge in [-0.2, -0.15) is 22.0 Å². The Kier molecular flexibility index (Phi) is 4.63. The molecule has 0 aliphatic rings. The van der Waals surface area contributed by atoms with Gasteiger partial charge in [0.05, 0.1) is 6.16 Å². The highest BCUT2D eigenvalue weighted by molar-refractivity contribution is 7.51. The lowest BCUT2D eigenvalue weighted by molar-refractivity contribution is -0.314. The third-order valence-electron chi connectivity index (χ3n) is 2.23. The molecule has 1 atom stereocenters. The number of rotatable bonds is 4. The van der Waals surface area contributed by atoms with Crippen LogP contribution in [0.4, 0.5) is 22.0 Å². The van der Waals surface area contributed by atoms with E-state index in [0.717, 1.165) is 0 Å². The lowest BCUT2D eigenvalue weighted by Crippen LogP contribution is -2.62. The molecular weight excluding hydrogens is 295 g/mol. The van der Waals surface area contributed by atoms with Crippen molar-refractivity contribution in [2.24, 2.45) is 0 Å². The summed E-state index contributed by atoms with van der Waals surface area (Å²) in [7, 11) is -4.45. The molecule has 0 saturated carbocycles. The molecule has 4 nitrogen and oxygen atoms in total. The molecule has 0 saturated heterocycles. The molecule has 17 heavy (non-hydrogen) atoms. The van der Waals surface area contributed by atoms with Crippen molar-refractivity contribution < 1.29 is 36.3 Å². The van der Waals surface area contributed by atoms with Crippen molar-refractivity contribution in [3.05, 3.63) is 0 Å². The van der Waals surface area contributed by atoms with Crippen LogP contribution in [0.2, 0.25) is 0 Å². The van der Waals surface area contributed by atoms with E-state index in [9.17, 15) is 26.5 Å². The van der Waals surface area contributed by atoms with Gasteiger partial charge in [-0.25, -0.2) is 4.42 Å². The zero-order valence-electron chi connectivity index (χ0n) is 8.67. The fraction of sp³-hybridized carbons (Fsp3) is 1.00. The van der Waals surface area contributed by atoms with E-state index in [1.807, 2.05) is 0 Å². The zero-order valence-corrected chi connectivity index (χ0v) is 10.3. The zero-order chi connectivity index (χ0) is 14.3. The molecule has 11 heteroatoms. The van der Waals surface area contributed by atoms with Gasteiger partial charge in [-0.3, -0.25) is 4.57 Å². The van der Waals surface area contributed by atoms with Crippen LogP contribution in [0.5, 0.6) is 0 Å². The number of halogens is 6. The molecular formula is C6H10ClF5NO3P. The van der Waals surface area contributed by atoms with E-state index in [1.165, 1.54) is 0 Å². The number of hydrogen-bond acceptors (Lipinski definition) is 2. The van der Waals surface area contributed by atoms with Gasteiger partial charge < -0.3 is 9.79 Å². The Bertz CT molecular complexity index is 330. The van der Waals surface area contributed by atoms with Crippen LogP contribution in [-0.4, -0.2) is 45.1 Å². The molecule has 104 valence electrons. The van der Waals surface area contributed by atoms with Gasteiger partial charge in [-0.05, 0) is 18.7 Å². The summed E-state index contributed by atoms with van der Waals surface area (Å²) in [6.07, 6.45) is -7.70. The first-order chi connectivity index (χ1) is 7.15. The van der Waals surface area contributed by atoms with Crippen LogP contribution in [-0.2, 0) is 4.57 Å². The minimum absolute atomic E-state index is 0.0699. The Morgan fingerprint density at radius 3 is 1.76 bits per heavy atom. The first-order valence-electron chi connectivity index (χ1n) is 4.04. The number of hydrogen-bond donors (Lipinski definition) is 2. The molecule has 0 aliphatic carbocycles. The largest absolute Gasteiger partial charge is 0.455 e. The normalized spacial score (nSPS) is 18.3. The fourth-order valence-corrected chi connectivity index (χ4v) is 2.56. The maximum Gasteiger partial charge on any atom is 0.455 e. The van der Waals surface area contributed by atoms with Gasteiger partial charge in [0, 0.05) is 7.05 Å². The van der Waals surface area contributed by atoms with Gasteiger partial charge in [0.15, 0.2) is 0 Å². The minimum atomic E-state index is -5.97. The molecule has 0 heterocycles. The summed E-state index contributed by atoms with van der Waals surface area (Å²) in [5.41, 5.74) is -3.26. The molecule has 0 aromatic rings. The van der Waals surface area contributed by atoms with Crippen molar-refractivity contribution in [1.29, 1.82) is 0 Å². The summed E-state index contributed by atoms with van der Waals surface area (Å²) in [4.78, 5) is 17.1. The summed E-state index contributed by atoms with van der Waals surface area (Å²) in [6, 6.07) is 0. The molecule has 0 fully saturated rings. The van der Waals surface area contributed by atoms with E-state index >= 15 is 0 Å². The lowest BCUT2D eigenvalue weighted by atomic mass is 9.95. The quantitative estimate of drug-likeness (QED) is 0.475. The number of alkyl halides is 5. The Balaban J connectivity index is 5.60. The van der Waals surface area contributed by atoms with Crippen molar-refractivity contribution >= 4 is 19.4 Å². The second-order valence-electron chi connectivity index (χ2n) is 3.65. The van der Waals surface area contributed by atoms with Crippen molar-refractivity contribution in [2.75, 3.05) is 13.2 Å². The lowest BCUT2D eigenvalue weighted by Gasteiger charge is -2.41. The van der Waals surface area contributed by atoms with E-state index < -0.39 is 31.4 Å². The molecule has 1 unspecified atom stereocenters. The van der Waals surface area contributed by atoms with E-state index in [-0.39, 0.29) is 4.42 Å². The predicted octanol–water partition coefficient (Wildman–Crippen LogP) is 2.21. The molecule has 0 radical (unpaired) electrons. The smallest absolute Gasteiger partial charge is 0.324 e. The second kappa shape index (κ2) is 4.62. The van der Waals surface area contributed by atoms with E-state index in [4.69, 9.17) is 21.6 Å². The highest BCUT2D eigenvalue weighted by Gasteiger charge is 2.70. The Morgan fingerprint density at radius 2 is 1.59 bits per heavy atom. The van der Waals surface area contributed by atoms with Crippen LogP contribution >= 0.6 is 19.4 Å². The second-order valence-corrected chi connectivity index (χ2v) is 5.80. The summed E-state index contributed by atoms with van der Waals surface area (Å²) in [5.74, 6) is -5.38. The first kappa shape index (κ1) is 17.1. The third kappa shape index (κ3) is 3.51. The average molecular weight is 306 g/mol. The maximum absolute atomic E-state index is 13.2. The van der Waals surface area contributed by atoms with Crippen LogP contribution in [0.3, 0.4) is 0 Å². The summed E-state index contributed by atoms with van der Waals surface area (Å²) < 4.78 is 73.4. The highest BCUT2D eigenvalue weighted by Crippen LogP contribution is 2.52. The first-order valence-corrected chi connectivity index (χ1v) is 6.17. The van der Waals surface area contributed by atoms with Crippen LogP contribution in [0.15, 0.2) is 0 Å². The molecule has 2 N–H and O–H groups in total. The molecule has 0 amide bonds. The van der Waals surface area contributed by atoms with E-state index in [2.05, 4.69) is 0 Å². The van der Waals surface area contributed by atoms with Gasteiger partial charge in [-0.15, -0.1) is 0 Å². The SMILES string of the molecule is CN(Cl)C(C)(CP(=O)(O)O)C(F)(F)C(F)(F)F. The van der Waals surface area contributed by atoms with Gasteiger partial charge in [0.1, 0.15) is 5.54 Å².